The van der Waals surface area contributed by atoms with Crippen LogP contribution in [0.1, 0.15) is 36.1 Å². The van der Waals surface area contributed by atoms with Crippen LogP contribution in [0.5, 0.6) is 5.75 Å². The van der Waals surface area contributed by atoms with Gasteiger partial charge in [-0.05, 0) is 80.1 Å². The SMILES string of the molecule is Cc1ccc(COc2c(Br)cc(/C=C3\C(=O)N(CC(C)C)c4ccccc43)cc2Br)cc1. The van der Waals surface area contributed by atoms with Crippen LogP contribution < -0.4 is 9.64 Å². The lowest BCUT2D eigenvalue weighted by atomic mass is 10.0. The number of halogens is 2. The molecule has 3 aromatic rings. The molecule has 0 fully saturated rings. The summed E-state index contributed by atoms with van der Waals surface area (Å²) >= 11 is 7.29. The summed E-state index contributed by atoms with van der Waals surface area (Å²) in [6.07, 6.45) is 1.96. The maximum Gasteiger partial charge on any atom is 0.259 e. The number of para-hydroxylation sites is 1. The van der Waals surface area contributed by atoms with Crippen LogP contribution in [0, 0.1) is 12.8 Å². The highest BCUT2D eigenvalue weighted by atomic mass is 79.9. The Morgan fingerprint density at radius 1 is 1.00 bits per heavy atom. The van der Waals surface area contributed by atoms with Gasteiger partial charge < -0.3 is 9.64 Å². The van der Waals surface area contributed by atoms with E-state index in [1.807, 2.05) is 47.4 Å². The van der Waals surface area contributed by atoms with Crippen LogP contribution >= 0.6 is 31.9 Å². The molecule has 0 N–H and O–H groups in total. The molecule has 1 heterocycles. The quantitative estimate of drug-likeness (QED) is 0.293. The first-order chi connectivity index (χ1) is 15.3. The number of aryl methyl sites for hydroxylation is 1. The Balaban J connectivity index is 1.62. The van der Waals surface area contributed by atoms with Crippen molar-refractivity contribution in [3.63, 3.8) is 0 Å². The second-order valence-electron chi connectivity index (χ2n) is 8.47. The predicted molar refractivity (Wildman–Crippen MR) is 139 cm³/mol. The fraction of sp³-hybridized carbons (Fsp3) is 0.222. The highest BCUT2D eigenvalue weighted by Gasteiger charge is 2.32. The molecule has 0 saturated heterocycles. The van der Waals surface area contributed by atoms with Gasteiger partial charge in [0.25, 0.3) is 5.91 Å². The molecule has 32 heavy (non-hydrogen) atoms. The number of benzene rings is 3. The molecule has 1 amide bonds. The average Bonchev–Trinajstić information content (AvgIpc) is 3.00. The largest absolute Gasteiger partial charge is 0.487 e. The van der Waals surface area contributed by atoms with E-state index >= 15 is 0 Å². The molecule has 0 saturated carbocycles. The Hall–Kier alpha value is -2.37. The second-order valence-corrected chi connectivity index (χ2v) is 10.2. The van der Waals surface area contributed by atoms with E-state index in [2.05, 4.69) is 76.9 Å². The maximum atomic E-state index is 13.2. The molecule has 4 rings (SSSR count). The zero-order chi connectivity index (χ0) is 22.8. The molecule has 0 unspecified atom stereocenters. The van der Waals surface area contributed by atoms with E-state index in [1.54, 1.807) is 0 Å². The van der Waals surface area contributed by atoms with Gasteiger partial charge in [0.05, 0.1) is 14.6 Å². The van der Waals surface area contributed by atoms with Crippen molar-refractivity contribution in [3.8, 4) is 5.75 Å². The molecule has 0 bridgehead atoms. The van der Waals surface area contributed by atoms with Crippen LogP contribution in [0.2, 0.25) is 0 Å². The Morgan fingerprint density at radius 3 is 2.31 bits per heavy atom. The number of carbonyl (C=O) groups is 1. The molecular formula is C27H25Br2NO2. The molecule has 0 aromatic heterocycles. The smallest absolute Gasteiger partial charge is 0.259 e. The molecule has 1 aliphatic heterocycles. The lowest BCUT2D eigenvalue weighted by molar-refractivity contribution is -0.113. The Kier molecular flexibility index (Phi) is 6.87. The summed E-state index contributed by atoms with van der Waals surface area (Å²) in [6, 6.07) is 20.3. The summed E-state index contributed by atoms with van der Waals surface area (Å²) in [5.41, 5.74) is 5.94. The van der Waals surface area contributed by atoms with Crippen molar-refractivity contribution in [3.05, 3.63) is 91.9 Å². The summed E-state index contributed by atoms with van der Waals surface area (Å²) in [4.78, 5) is 15.1. The van der Waals surface area contributed by atoms with Crippen LogP contribution in [-0.4, -0.2) is 12.5 Å². The Morgan fingerprint density at radius 2 is 1.66 bits per heavy atom. The molecule has 0 spiro atoms. The number of ether oxygens (including phenoxy) is 1. The fourth-order valence-corrected chi connectivity index (χ4v) is 5.25. The highest BCUT2D eigenvalue weighted by molar-refractivity contribution is 9.11. The third kappa shape index (κ3) is 4.84. The van der Waals surface area contributed by atoms with Crippen molar-refractivity contribution in [2.75, 3.05) is 11.4 Å². The van der Waals surface area contributed by atoms with Crippen molar-refractivity contribution < 1.29 is 9.53 Å². The standard InChI is InChI=1S/C27H25Br2NO2/c1-17(2)15-30-25-7-5-4-6-21(25)22(27(30)31)12-20-13-23(28)26(24(29)14-20)32-16-19-10-8-18(3)9-11-19/h4-14,17H,15-16H2,1-3H3/b22-12-. The van der Waals surface area contributed by atoms with Crippen LogP contribution in [0.3, 0.4) is 0 Å². The zero-order valence-corrected chi connectivity index (χ0v) is 21.5. The number of hydrogen-bond acceptors (Lipinski definition) is 2. The summed E-state index contributed by atoms with van der Waals surface area (Å²) in [6.45, 7) is 7.50. The summed E-state index contributed by atoms with van der Waals surface area (Å²) in [7, 11) is 0. The number of nitrogens with zero attached hydrogens (tertiary/aromatic N) is 1. The van der Waals surface area contributed by atoms with Crippen LogP contribution in [0.25, 0.3) is 11.6 Å². The maximum absolute atomic E-state index is 13.2. The minimum absolute atomic E-state index is 0.0480. The predicted octanol–water partition coefficient (Wildman–Crippen LogP) is 7.64. The minimum Gasteiger partial charge on any atom is -0.487 e. The average molecular weight is 555 g/mol. The lowest BCUT2D eigenvalue weighted by Crippen LogP contribution is -2.30. The van der Waals surface area contributed by atoms with Gasteiger partial charge >= 0.3 is 0 Å². The number of hydrogen-bond donors (Lipinski definition) is 0. The molecule has 0 aliphatic carbocycles. The van der Waals surface area contributed by atoms with Crippen molar-refractivity contribution in [1.82, 2.24) is 0 Å². The molecule has 5 heteroatoms. The van der Waals surface area contributed by atoms with E-state index < -0.39 is 0 Å². The van der Waals surface area contributed by atoms with Crippen LogP contribution in [0.4, 0.5) is 5.69 Å². The van der Waals surface area contributed by atoms with Gasteiger partial charge in [-0.3, -0.25) is 4.79 Å². The number of anilines is 1. The van der Waals surface area contributed by atoms with E-state index in [-0.39, 0.29) is 5.91 Å². The van der Waals surface area contributed by atoms with Gasteiger partial charge in [-0.25, -0.2) is 0 Å². The molecular weight excluding hydrogens is 530 g/mol. The normalized spacial score (nSPS) is 14.4. The van der Waals surface area contributed by atoms with E-state index in [1.165, 1.54) is 5.56 Å². The topological polar surface area (TPSA) is 29.5 Å². The summed E-state index contributed by atoms with van der Waals surface area (Å²) in [5, 5.41) is 0. The van der Waals surface area contributed by atoms with Crippen LogP contribution in [-0.2, 0) is 11.4 Å². The van der Waals surface area contributed by atoms with E-state index in [4.69, 9.17) is 4.74 Å². The first kappa shape index (κ1) is 22.8. The summed E-state index contributed by atoms with van der Waals surface area (Å²) < 4.78 is 7.74. The molecule has 3 aromatic carbocycles. The number of amides is 1. The van der Waals surface area contributed by atoms with Gasteiger partial charge in [-0.2, -0.15) is 0 Å². The van der Waals surface area contributed by atoms with Crippen LogP contribution in [0.15, 0.2) is 69.6 Å². The third-order valence-electron chi connectivity index (χ3n) is 5.34. The lowest BCUT2D eigenvalue weighted by Gasteiger charge is -2.19. The zero-order valence-electron chi connectivity index (χ0n) is 18.4. The van der Waals surface area contributed by atoms with Crippen molar-refractivity contribution in [2.45, 2.75) is 27.4 Å². The van der Waals surface area contributed by atoms with Gasteiger partial charge in [0.1, 0.15) is 12.4 Å². The number of rotatable bonds is 6. The van der Waals surface area contributed by atoms with E-state index in [0.717, 1.165) is 37.1 Å². The first-order valence-electron chi connectivity index (χ1n) is 10.6. The molecule has 164 valence electrons. The number of fused-ring (bicyclic) bond motifs is 1. The number of carbonyl (C=O) groups excluding carboxylic acids is 1. The Bertz CT molecular complexity index is 1160. The fourth-order valence-electron chi connectivity index (χ4n) is 3.80. The van der Waals surface area contributed by atoms with Gasteiger partial charge in [0.2, 0.25) is 0 Å². The minimum atomic E-state index is 0.0480. The van der Waals surface area contributed by atoms with Gasteiger partial charge in [0, 0.05) is 17.7 Å². The van der Waals surface area contributed by atoms with Gasteiger partial charge in [-0.15, -0.1) is 0 Å². The molecule has 1 aliphatic rings. The second kappa shape index (κ2) is 9.63. The van der Waals surface area contributed by atoms with Crippen molar-refractivity contribution in [1.29, 1.82) is 0 Å². The Labute approximate surface area is 206 Å². The summed E-state index contributed by atoms with van der Waals surface area (Å²) in [5.74, 6) is 1.18. The first-order valence-corrected chi connectivity index (χ1v) is 12.2. The molecule has 0 radical (unpaired) electrons. The van der Waals surface area contributed by atoms with E-state index in [9.17, 15) is 4.79 Å². The van der Waals surface area contributed by atoms with Crippen molar-refractivity contribution in [2.24, 2.45) is 5.92 Å². The molecule has 3 nitrogen and oxygen atoms in total. The monoisotopic (exact) mass is 553 g/mol. The van der Waals surface area contributed by atoms with Crippen molar-refractivity contribution >= 4 is 55.1 Å². The third-order valence-corrected chi connectivity index (χ3v) is 6.52. The van der Waals surface area contributed by atoms with E-state index in [0.29, 0.717) is 24.6 Å². The molecule has 0 atom stereocenters. The highest BCUT2D eigenvalue weighted by Crippen LogP contribution is 2.40. The van der Waals surface area contributed by atoms with Gasteiger partial charge in [0.15, 0.2) is 0 Å². The van der Waals surface area contributed by atoms with Gasteiger partial charge in [-0.1, -0.05) is 61.9 Å².